The molecule has 0 radical (unpaired) electrons. The Kier molecular flexibility index (Phi) is 21.3. The molecule has 1 amide bonds. The van der Waals surface area contributed by atoms with E-state index >= 15 is 0 Å². The summed E-state index contributed by atoms with van der Waals surface area (Å²) >= 11 is 0. The monoisotopic (exact) mass is 984 g/mol. The third-order valence-corrected chi connectivity index (χ3v) is 16.3. The Bertz CT molecular complexity index is 1750. The minimum atomic E-state index is -1.55. The summed E-state index contributed by atoms with van der Waals surface area (Å²) < 4.78 is 5.14. The van der Waals surface area contributed by atoms with Gasteiger partial charge in [0.2, 0.25) is 5.91 Å². The number of aliphatic hydroxyl groups excluding tert-OH is 3. The van der Waals surface area contributed by atoms with Gasteiger partial charge in [0, 0.05) is 39.0 Å². The standard InChI is InChI=1S/C47H77N5O17/c1-27(30-8-9-31-43-32(22-36(55)47(30,31)3)46(2)14-13-29(53)20-28(46)21-35(43)54)7-11-37(56)49-33(6-4-5-15-48)45(68)69-42(65)12-10-34(44(66)67)52(18-16-50(23-38(57)58)24-39(59)60)19-17-51(25-40(61)62)26-41(63)64/h27-36,43,53-55H,4-26,48H2,1-3H3,(H,49,56)(H,57,58)(H,59,60)(H,61,62)(H,63,64)(H,66,67)/t27-,28+,29-,30-,31?,32?,33+,34+,35-,36+,43?,46+,47-/m1/s1. The molecule has 4 rings (SSSR count). The molecule has 0 aliphatic heterocycles. The fourth-order valence-corrected chi connectivity index (χ4v) is 12.8. The average molecular weight is 984 g/mol. The zero-order valence-corrected chi connectivity index (χ0v) is 40.3. The van der Waals surface area contributed by atoms with E-state index in [9.17, 15) is 79.2 Å². The molecule has 4 fully saturated rings. The summed E-state index contributed by atoms with van der Waals surface area (Å²) in [4.78, 5) is 102. The first-order chi connectivity index (χ1) is 32.4. The van der Waals surface area contributed by atoms with Crippen LogP contribution in [0, 0.1) is 46.3 Å². The maximum atomic E-state index is 13.5. The molecule has 13 atom stereocenters. The molecule has 0 saturated heterocycles. The maximum Gasteiger partial charge on any atom is 0.336 e. The molecule has 22 nitrogen and oxygen atoms in total. The van der Waals surface area contributed by atoms with Crippen molar-refractivity contribution in [2.45, 2.75) is 141 Å². The largest absolute Gasteiger partial charge is 0.480 e. The van der Waals surface area contributed by atoms with E-state index in [2.05, 4.69) is 26.1 Å². The van der Waals surface area contributed by atoms with Gasteiger partial charge in [-0.2, -0.15) is 0 Å². The Labute approximate surface area is 402 Å². The fourth-order valence-electron chi connectivity index (χ4n) is 12.8. The molecule has 4 aliphatic carbocycles. The lowest BCUT2D eigenvalue weighted by Gasteiger charge is -2.63. The number of nitrogens with two attached hydrogens (primary N) is 1. The van der Waals surface area contributed by atoms with Gasteiger partial charge in [-0.25, -0.2) is 4.79 Å². The molecule has 4 aliphatic rings. The highest BCUT2D eigenvalue weighted by molar-refractivity contribution is 5.91. The lowest BCUT2D eigenvalue weighted by atomic mass is 9.43. The van der Waals surface area contributed by atoms with Gasteiger partial charge in [-0.15, -0.1) is 0 Å². The third-order valence-electron chi connectivity index (χ3n) is 16.3. The van der Waals surface area contributed by atoms with Crippen LogP contribution in [0.4, 0.5) is 0 Å². The van der Waals surface area contributed by atoms with Crippen molar-refractivity contribution >= 4 is 47.7 Å². The van der Waals surface area contributed by atoms with Gasteiger partial charge in [0.05, 0.1) is 44.5 Å². The van der Waals surface area contributed by atoms with Gasteiger partial charge in [-0.3, -0.25) is 48.3 Å². The van der Waals surface area contributed by atoms with E-state index < -0.39 is 116 Å². The minimum Gasteiger partial charge on any atom is -0.480 e. The Morgan fingerprint density at radius 3 is 1.83 bits per heavy atom. The first-order valence-corrected chi connectivity index (χ1v) is 24.5. The van der Waals surface area contributed by atoms with Crippen LogP contribution in [0.2, 0.25) is 0 Å². The van der Waals surface area contributed by atoms with E-state index in [4.69, 9.17) is 10.5 Å². The number of nitrogens with one attached hydrogen (secondary N) is 1. The summed E-state index contributed by atoms with van der Waals surface area (Å²) in [6.45, 7) is 2.69. The number of esters is 2. The lowest BCUT2D eigenvalue weighted by Crippen LogP contribution is -2.62. The molecule has 392 valence electrons. The first kappa shape index (κ1) is 57.3. The number of carbonyl (C=O) groups excluding carboxylic acids is 3. The van der Waals surface area contributed by atoms with E-state index in [1.807, 2.05) is 0 Å². The molecule has 0 aromatic carbocycles. The van der Waals surface area contributed by atoms with Crippen molar-refractivity contribution in [1.82, 2.24) is 20.0 Å². The molecule has 3 unspecified atom stereocenters. The number of ether oxygens (including phenoxy) is 1. The topological polar surface area (TPSA) is 355 Å². The van der Waals surface area contributed by atoms with Crippen molar-refractivity contribution in [2.75, 3.05) is 58.9 Å². The smallest absolute Gasteiger partial charge is 0.336 e. The number of rotatable bonds is 29. The summed E-state index contributed by atoms with van der Waals surface area (Å²) in [5.74, 6) is -9.07. The van der Waals surface area contributed by atoms with Crippen LogP contribution in [0.25, 0.3) is 0 Å². The molecule has 11 N–H and O–H groups in total. The first-order valence-electron chi connectivity index (χ1n) is 24.5. The summed E-state index contributed by atoms with van der Waals surface area (Å²) in [6, 6.07) is -2.80. The molecule has 0 bridgehead atoms. The van der Waals surface area contributed by atoms with Crippen LogP contribution in [0.15, 0.2) is 0 Å². The van der Waals surface area contributed by atoms with Crippen LogP contribution < -0.4 is 11.1 Å². The average Bonchev–Trinajstić information content (AvgIpc) is 3.61. The predicted octanol–water partition coefficient (Wildman–Crippen LogP) is 0.526. The van der Waals surface area contributed by atoms with Crippen LogP contribution in [-0.2, 0) is 43.1 Å². The van der Waals surface area contributed by atoms with Crippen LogP contribution in [0.3, 0.4) is 0 Å². The molecule has 22 heteroatoms. The number of amides is 1. The van der Waals surface area contributed by atoms with E-state index in [-0.39, 0.29) is 86.0 Å². The zero-order chi connectivity index (χ0) is 51.4. The number of hydrogen-bond donors (Lipinski definition) is 10. The highest BCUT2D eigenvalue weighted by Crippen LogP contribution is 2.68. The molecule has 69 heavy (non-hydrogen) atoms. The van der Waals surface area contributed by atoms with Gasteiger partial charge >= 0.3 is 41.8 Å². The van der Waals surface area contributed by atoms with Crippen molar-refractivity contribution in [1.29, 1.82) is 0 Å². The van der Waals surface area contributed by atoms with Crippen molar-refractivity contribution in [3.8, 4) is 0 Å². The van der Waals surface area contributed by atoms with Crippen molar-refractivity contribution in [2.24, 2.45) is 52.1 Å². The van der Waals surface area contributed by atoms with Crippen LogP contribution in [-0.4, -0.2) is 193 Å². The number of unbranched alkanes of at least 4 members (excludes halogenated alkanes) is 1. The van der Waals surface area contributed by atoms with Gasteiger partial charge in [-0.1, -0.05) is 20.8 Å². The summed E-state index contributed by atoms with van der Waals surface area (Å²) in [5, 5.41) is 84.2. The van der Waals surface area contributed by atoms with Crippen LogP contribution in [0.1, 0.15) is 111 Å². The summed E-state index contributed by atoms with van der Waals surface area (Å²) in [5.41, 5.74) is 5.13. The number of fused-ring (bicyclic) bond motifs is 5. The number of carboxylic acid groups (broad SMARTS) is 5. The Morgan fingerprint density at radius 2 is 1.29 bits per heavy atom. The van der Waals surface area contributed by atoms with Gasteiger partial charge in [0.15, 0.2) is 0 Å². The number of hydrogen-bond acceptors (Lipinski definition) is 16. The maximum absolute atomic E-state index is 13.5. The second-order valence-corrected chi connectivity index (χ2v) is 20.7. The van der Waals surface area contributed by atoms with Gasteiger partial charge in [0.1, 0.15) is 12.1 Å². The van der Waals surface area contributed by atoms with E-state index in [1.165, 1.54) is 4.90 Å². The second-order valence-electron chi connectivity index (χ2n) is 20.7. The second kappa shape index (κ2) is 25.7. The van der Waals surface area contributed by atoms with Gasteiger partial charge < -0.3 is 56.6 Å². The van der Waals surface area contributed by atoms with Gasteiger partial charge in [0.25, 0.3) is 0 Å². The molecular formula is C47H77N5O17. The van der Waals surface area contributed by atoms with Crippen molar-refractivity contribution in [3.05, 3.63) is 0 Å². The lowest BCUT2D eigenvalue weighted by molar-refractivity contribution is -0.207. The molecule has 0 aromatic rings. The van der Waals surface area contributed by atoms with E-state index in [0.717, 1.165) is 35.5 Å². The molecular weight excluding hydrogens is 907 g/mol. The van der Waals surface area contributed by atoms with Crippen molar-refractivity contribution < 1.29 is 83.9 Å². The van der Waals surface area contributed by atoms with Crippen LogP contribution >= 0.6 is 0 Å². The number of nitrogens with zero attached hydrogens (tertiary/aromatic N) is 3. The third kappa shape index (κ3) is 15.3. The number of aliphatic carboxylic acids is 5. The summed E-state index contributed by atoms with van der Waals surface area (Å²) in [7, 11) is 0. The Morgan fingerprint density at radius 1 is 0.710 bits per heavy atom. The highest BCUT2D eigenvalue weighted by Gasteiger charge is 2.65. The van der Waals surface area contributed by atoms with Crippen LogP contribution in [0.5, 0.6) is 0 Å². The van der Waals surface area contributed by atoms with Crippen molar-refractivity contribution in [3.63, 3.8) is 0 Å². The molecule has 4 saturated carbocycles. The highest BCUT2D eigenvalue weighted by atomic mass is 16.6. The number of aliphatic hydroxyl groups is 3. The minimum absolute atomic E-state index is 0.00774. The Balaban J connectivity index is 1.39. The van der Waals surface area contributed by atoms with Gasteiger partial charge in [-0.05, 0) is 130 Å². The Hall–Kier alpha value is -4.32. The fraction of sp³-hybridized carbons (Fsp3) is 0.830. The number of carbonyl (C=O) groups is 8. The quantitative estimate of drug-likeness (QED) is 0.0277. The number of carboxylic acids is 5. The van der Waals surface area contributed by atoms with E-state index in [1.54, 1.807) is 0 Å². The predicted molar refractivity (Wildman–Crippen MR) is 244 cm³/mol. The zero-order valence-electron chi connectivity index (χ0n) is 40.3. The normalized spacial score (nSPS) is 29.8. The molecule has 0 heterocycles. The molecule has 0 aromatic heterocycles. The summed E-state index contributed by atoms with van der Waals surface area (Å²) in [6.07, 6.45) is 3.97. The van der Waals surface area contributed by atoms with E-state index in [0.29, 0.717) is 45.1 Å². The molecule has 0 spiro atoms. The SMILES string of the molecule is C[C@H](CCC(=O)N[C@@H](CCCCN)C(=O)OC(=O)CC[C@@H](C(=O)O)N(CCN(CC(=O)O)CC(=O)O)CCN(CC(=O)O)CC(=O)O)[C@H]1CCC2C3C(C[C@H](O)[C@@]21C)[C@@]1(C)CC[C@@H](O)C[C@H]1C[C@H]3O.